The summed E-state index contributed by atoms with van der Waals surface area (Å²) < 4.78 is 40.9. The van der Waals surface area contributed by atoms with Crippen molar-refractivity contribution in [3.63, 3.8) is 0 Å². The van der Waals surface area contributed by atoms with Gasteiger partial charge in [-0.1, -0.05) is 43.3 Å². The molecule has 0 heterocycles. The quantitative estimate of drug-likeness (QED) is 0.495. The second kappa shape index (κ2) is 6.21. The largest absolute Gasteiger partial charge is 0.204 e. The molecule has 0 bridgehead atoms. The summed E-state index contributed by atoms with van der Waals surface area (Å²) in [6.45, 7) is 2.14. The molecule has 3 heteroatoms. The van der Waals surface area contributed by atoms with Crippen molar-refractivity contribution in [1.82, 2.24) is 0 Å². The summed E-state index contributed by atoms with van der Waals surface area (Å²) >= 11 is 0. The van der Waals surface area contributed by atoms with E-state index in [1.807, 2.05) is 0 Å². The highest BCUT2D eigenvalue weighted by atomic mass is 19.2. The molecule has 0 nitrogen and oxygen atoms in total. The predicted octanol–water partition coefficient (Wildman–Crippen LogP) is 6.09. The zero-order chi connectivity index (χ0) is 17.6. The average molecular weight is 340 g/mol. The molecule has 0 saturated carbocycles. The lowest BCUT2D eigenvalue weighted by atomic mass is 9.79. The number of rotatable bonds is 2. The number of benzene rings is 3. The smallest absolute Gasteiger partial charge is 0.194 e. The summed E-state index contributed by atoms with van der Waals surface area (Å²) in [5.74, 6) is -3.26. The molecule has 1 aliphatic rings. The molecule has 0 fully saturated rings. The normalized spacial score (nSPS) is 16.9. The summed E-state index contributed by atoms with van der Waals surface area (Å²) in [5, 5.41) is 2.38. The molecule has 3 aromatic carbocycles. The maximum absolute atomic E-state index is 13.9. The van der Waals surface area contributed by atoms with E-state index in [2.05, 4.69) is 43.3 Å². The van der Waals surface area contributed by atoms with Gasteiger partial charge in [0.25, 0.3) is 0 Å². The third-order valence-corrected chi connectivity index (χ3v) is 5.37. The Hall–Kier alpha value is -2.29. The third-order valence-electron chi connectivity index (χ3n) is 5.37. The highest BCUT2D eigenvalue weighted by molar-refractivity contribution is 5.84. The van der Waals surface area contributed by atoms with Gasteiger partial charge in [0.2, 0.25) is 0 Å². The van der Waals surface area contributed by atoms with Crippen molar-refractivity contribution in [3.05, 3.63) is 82.2 Å². The van der Waals surface area contributed by atoms with E-state index >= 15 is 0 Å². The van der Waals surface area contributed by atoms with E-state index < -0.39 is 17.5 Å². The van der Waals surface area contributed by atoms with Crippen molar-refractivity contribution in [1.29, 1.82) is 0 Å². The molecule has 128 valence electrons. The number of fused-ring (bicyclic) bond motifs is 2. The van der Waals surface area contributed by atoms with Crippen LogP contribution in [0.15, 0.2) is 42.5 Å². The Kier molecular flexibility index (Phi) is 4.03. The van der Waals surface area contributed by atoms with Crippen LogP contribution in [0.5, 0.6) is 0 Å². The zero-order valence-corrected chi connectivity index (χ0v) is 14.1. The molecule has 1 atom stereocenters. The van der Waals surface area contributed by atoms with E-state index in [9.17, 15) is 13.2 Å². The summed E-state index contributed by atoms with van der Waals surface area (Å²) in [6, 6.07) is 14.0. The van der Waals surface area contributed by atoms with Crippen molar-refractivity contribution in [3.8, 4) is 0 Å². The van der Waals surface area contributed by atoms with Crippen LogP contribution >= 0.6 is 0 Å². The van der Waals surface area contributed by atoms with Crippen LogP contribution in [-0.4, -0.2) is 0 Å². The van der Waals surface area contributed by atoms with Gasteiger partial charge < -0.3 is 0 Å². The first-order valence-corrected chi connectivity index (χ1v) is 8.74. The Morgan fingerprint density at radius 1 is 0.920 bits per heavy atom. The molecule has 3 aromatic rings. The van der Waals surface area contributed by atoms with E-state index in [1.165, 1.54) is 21.9 Å². The fourth-order valence-corrected chi connectivity index (χ4v) is 3.89. The average Bonchev–Trinajstić information content (AvgIpc) is 2.65. The molecule has 25 heavy (non-hydrogen) atoms. The Labute approximate surface area is 145 Å². The van der Waals surface area contributed by atoms with Crippen molar-refractivity contribution in [2.45, 2.75) is 38.5 Å². The van der Waals surface area contributed by atoms with Crippen LogP contribution < -0.4 is 0 Å². The number of halogens is 3. The van der Waals surface area contributed by atoms with Crippen LogP contribution in [-0.2, 0) is 19.3 Å². The van der Waals surface area contributed by atoms with Crippen LogP contribution in [0.4, 0.5) is 13.2 Å². The molecule has 0 aliphatic heterocycles. The van der Waals surface area contributed by atoms with Gasteiger partial charge >= 0.3 is 0 Å². The van der Waals surface area contributed by atoms with Gasteiger partial charge in [0.1, 0.15) is 0 Å². The van der Waals surface area contributed by atoms with Gasteiger partial charge in [-0.3, -0.25) is 0 Å². The van der Waals surface area contributed by atoms with Gasteiger partial charge in [-0.25, -0.2) is 13.2 Å². The highest BCUT2D eigenvalue weighted by Gasteiger charge is 2.26. The van der Waals surface area contributed by atoms with Crippen LogP contribution in [0.1, 0.15) is 41.5 Å². The van der Waals surface area contributed by atoms with Crippen molar-refractivity contribution < 1.29 is 13.2 Å². The first kappa shape index (κ1) is 16.2. The minimum atomic E-state index is -1.35. The molecule has 1 unspecified atom stereocenters. The van der Waals surface area contributed by atoms with E-state index in [-0.39, 0.29) is 5.92 Å². The molecule has 0 saturated heterocycles. The molecule has 0 spiro atoms. The topological polar surface area (TPSA) is 0 Å². The summed E-state index contributed by atoms with van der Waals surface area (Å²) in [7, 11) is 0. The Bertz CT molecular complexity index is 959. The lowest BCUT2D eigenvalue weighted by molar-refractivity contribution is 0.428. The zero-order valence-electron chi connectivity index (χ0n) is 14.1. The Balaban J connectivity index is 1.68. The van der Waals surface area contributed by atoms with Crippen LogP contribution in [0.3, 0.4) is 0 Å². The Morgan fingerprint density at radius 3 is 2.48 bits per heavy atom. The Morgan fingerprint density at radius 2 is 1.68 bits per heavy atom. The van der Waals surface area contributed by atoms with Crippen LogP contribution in [0.2, 0.25) is 0 Å². The molecule has 0 N–H and O–H groups in total. The number of hydrogen-bond acceptors (Lipinski definition) is 0. The standard InChI is InChI=1S/C22H19F3/c1-2-13-3-4-15-10-16(6-5-14(15)9-13)17-7-8-19-18(11-17)12-20(23)22(25)21(19)24/h3-6,9-10,12,17H,2,7-8,11H2,1H3. The lowest BCUT2D eigenvalue weighted by Gasteiger charge is -2.26. The second-order valence-electron chi connectivity index (χ2n) is 6.86. The highest BCUT2D eigenvalue weighted by Crippen LogP contribution is 2.36. The minimum Gasteiger partial charge on any atom is -0.204 e. The summed E-state index contributed by atoms with van der Waals surface area (Å²) in [5.41, 5.74) is 3.41. The molecule has 0 amide bonds. The first-order chi connectivity index (χ1) is 12.1. The van der Waals surface area contributed by atoms with Crippen LogP contribution in [0, 0.1) is 17.5 Å². The molecular weight excluding hydrogens is 321 g/mol. The fourth-order valence-electron chi connectivity index (χ4n) is 3.89. The summed E-state index contributed by atoms with van der Waals surface area (Å²) in [6.07, 6.45) is 2.73. The first-order valence-electron chi connectivity index (χ1n) is 8.74. The van der Waals surface area contributed by atoms with Gasteiger partial charge in [-0.05, 0) is 70.7 Å². The van der Waals surface area contributed by atoms with E-state index in [0.717, 1.165) is 18.9 Å². The lowest BCUT2D eigenvalue weighted by Crippen LogP contribution is -2.16. The number of hydrogen-bond donors (Lipinski definition) is 0. The monoisotopic (exact) mass is 340 g/mol. The van der Waals surface area contributed by atoms with Gasteiger partial charge in [0.05, 0.1) is 0 Å². The maximum Gasteiger partial charge on any atom is 0.194 e. The third kappa shape index (κ3) is 2.82. The van der Waals surface area contributed by atoms with Gasteiger partial charge in [0, 0.05) is 0 Å². The predicted molar refractivity (Wildman–Crippen MR) is 94.4 cm³/mol. The van der Waals surface area contributed by atoms with Crippen LogP contribution in [0.25, 0.3) is 10.8 Å². The fraction of sp³-hybridized carbons (Fsp3) is 0.273. The van der Waals surface area contributed by atoms with Crippen molar-refractivity contribution >= 4 is 10.8 Å². The SMILES string of the molecule is CCc1ccc2cc(C3CCc4c(cc(F)c(F)c4F)C3)ccc2c1. The van der Waals surface area contributed by atoms with Gasteiger partial charge in [-0.15, -0.1) is 0 Å². The van der Waals surface area contributed by atoms with E-state index in [1.54, 1.807) is 0 Å². The molecule has 0 aromatic heterocycles. The molecular formula is C22H19F3. The maximum atomic E-state index is 13.9. The summed E-state index contributed by atoms with van der Waals surface area (Å²) in [4.78, 5) is 0. The number of aryl methyl sites for hydroxylation is 1. The van der Waals surface area contributed by atoms with Gasteiger partial charge in [-0.2, -0.15) is 0 Å². The second-order valence-corrected chi connectivity index (χ2v) is 6.86. The minimum absolute atomic E-state index is 0.201. The van der Waals surface area contributed by atoms with Crippen molar-refractivity contribution in [2.24, 2.45) is 0 Å². The van der Waals surface area contributed by atoms with Crippen molar-refractivity contribution in [2.75, 3.05) is 0 Å². The molecule has 0 radical (unpaired) electrons. The van der Waals surface area contributed by atoms with E-state index in [0.29, 0.717) is 24.0 Å². The van der Waals surface area contributed by atoms with E-state index in [4.69, 9.17) is 0 Å². The van der Waals surface area contributed by atoms with Gasteiger partial charge in [0.15, 0.2) is 17.5 Å². The molecule has 1 aliphatic carbocycles. The molecule has 4 rings (SSSR count).